The third kappa shape index (κ3) is 4.75. The molecule has 37 heavy (non-hydrogen) atoms. The second kappa shape index (κ2) is 9.99. The number of hydrazone groups is 1. The first-order chi connectivity index (χ1) is 17.8. The first-order valence-electron chi connectivity index (χ1n) is 11.6. The SMILES string of the molecule is O=C(O)CCC(=O)N1N=C(c2c(-c3ccccc3)c3cc(Cl)ccc3[nH]c2=O)CC1c1ccccc1F. The van der Waals surface area contributed by atoms with Crippen LogP contribution in [0.1, 0.15) is 36.4 Å². The van der Waals surface area contributed by atoms with E-state index >= 15 is 0 Å². The van der Waals surface area contributed by atoms with Gasteiger partial charge in [-0.25, -0.2) is 9.40 Å². The Bertz CT molecular complexity index is 1620. The summed E-state index contributed by atoms with van der Waals surface area (Å²) in [7, 11) is 0. The second-order valence-electron chi connectivity index (χ2n) is 8.68. The molecule has 0 spiro atoms. The number of nitrogens with one attached hydrogen (secondary N) is 1. The molecule has 0 aliphatic carbocycles. The molecule has 0 saturated heterocycles. The van der Waals surface area contributed by atoms with E-state index in [2.05, 4.69) is 10.1 Å². The molecule has 0 fully saturated rings. The number of hydrogen-bond acceptors (Lipinski definition) is 4. The minimum atomic E-state index is -1.13. The van der Waals surface area contributed by atoms with Crippen molar-refractivity contribution in [2.45, 2.75) is 25.3 Å². The molecule has 7 nitrogen and oxygen atoms in total. The van der Waals surface area contributed by atoms with E-state index in [1.54, 1.807) is 30.3 Å². The molecule has 0 saturated carbocycles. The Kier molecular flexibility index (Phi) is 6.58. The van der Waals surface area contributed by atoms with Crippen LogP contribution in [0.5, 0.6) is 0 Å². The van der Waals surface area contributed by atoms with Crippen molar-refractivity contribution in [3.63, 3.8) is 0 Å². The number of amides is 1. The Hall–Kier alpha value is -4.30. The average molecular weight is 518 g/mol. The fraction of sp³-hybridized carbons (Fsp3) is 0.143. The lowest BCUT2D eigenvalue weighted by Crippen LogP contribution is -2.28. The van der Waals surface area contributed by atoms with Gasteiger partial charge in [-0.1, -0.05) is 60.1 Å². The maximum absolute atomic E-state index is 14.8. The van der Waals surface area contributed by atoms with Crippen LogP contribution in [0.15, 0.2) is 82.7 Å². The highest BCUT2D eigenvalue weighted by Crippen LogP contribution is 2.38. The van der Waals surface area contributed by atoms with Crippen molar-refractivity contribution < 1.29 is 19.1 Å². The molecule has 1 aromatic heterocycles. The monoisotopic (exact) mass is 517 g/mol. The maximum Gasteiger partial charge on any atom is 0.303 e. The molecule has 5 rings (SSSR count). The predicted molar refractivity (Wildman–Crippen MR) is 139 cm³/mol. The van der Waals surface area contributed by atoms with Crippen molar-refractivity contribution in [3.05, 3.63) is 105 Å². The summed E-state index contributed by atoms with van der Waals surface area (Å²) in [5.74, 6) is -2.23. The van der Waals surface area contributed by atoms with E-state index in [9.17, 15) is 18.8 Å². The molecule has 2 N–H and O–H groups in total. The molecule has 1 atom stereocenters. The first-order valence-corrected chi connectivity index (χ1v) is 12.0. The summed E-state index contributed by atoms with van der Waals surface area (Å²) < 4.78 is 14.8. The van der Waals surface area contributed by atoms with Crippen molar-refractivity contribution in [3.8, 4) is 11.1 Å². The van der Waals surface area contributed by atoms with E-state index in [1.807, 2.05) is 30.3 Å². The van der Waals surface area contributed by atoms with Gasteiger partial charge < -0.3 is 10.1 Å². The van der Waals surface area contributed by atoms with Gasteiger partial charge in [-0.3, -0.25) is 14.4 Å². The number of carbonyl (C=O) groups excluding carboxylic acids is 1. The minimum Gasteiger partial charge on any atom is -0.481 e. The van der Waals surface area contributed by atoms with Gasteiger partial charge in [0.25, 0.3) is 5.56 Å². The van der Waals surface area contributed by atoms with Crippen LogP contribution >= 0.6 is 11.6 Å². The maximum atomic E-state index is 14.8. The summed E-state index contributed by atoms with van der Waals surface area (Å²) in [5.41, 5.74) is 2.26. The highest BCUT2D eigenvalue weighted by Gasteiger charge is 2.36. The predicted octanol–water partition coefficient (Wildman–Crippen LogP) is 5.53. The van der Waals surface area contributed by atoms with Crippen LogP contribution in [0.3, 0.4) is 0 Å². The molecule has 9 heteroatoms. The van der Waals surface area contributed by atoms with Crippen molar-refractivity contribution in [2.24, 2.45) is 5.10 Å². The Morgan fingerprint density at radius 2 is 1.76 bits per heavy atom. The van der Waals surface area contributed by atoms with E-state index in [4.69, 9.17) is 16.7 Å². The van der Waals surface area contributed by atoms with Gasteiger partial charge in [-0.05, 0) is 29.8 Å². The summed E-state index contributed by atoms with van der Waals surface area (Å²) >= 11 is 6.31. The number of carbonyl (C=O) groups is 2. The Morgan fingerprint density at radius 3 is 2.49 bits per heavy atom. The van der Waals surface area contributed by atoms with Gasteiger partial charge in [0.05, 0.1) is 23.7 Å². The molecule has 1 aliphatic rings. The Morgan fingerprint density at radius 1 is 1.03 bits per heavy atom. The van der Waals surface area contributed by atoms with Crippen LogP contribution in [0.4, 0.5) is 4.39 Å². The number of H-pyrrole nitrogens is 1. The van der Waals surface area contributed by atoms with Crippen LogP contribution in [-0.4, -0.2) is 32.7 Å². The number of hydrogen-bond donors (Lipinski definition) is 2. The molecule has 3 aromatic carbocycles. The van der Waals surface area contributed by atoms with Crippen LogP contribution in [0.2, 0.25) is 5.02 Å². The summed E-state index contributed by atoms with van der Waals surface area (Å²) in [6, 6.07) is 19.6. The first kappa shape index (κ1) is 24.4. The number of benzene rings is 3. The fourth-order valence-corrected chi connectivity index (χ4v) is 4.82. The third-order valence-corrected chi connectivity index (χ3v) is 6.55. The lowest BCUT2D eigenvalue weighted by Gasteiger charge is -2.22. The number of rotatable bonds is 6. The Balaban J connectivity index is 1.71. The van der Waals surface area contributed by atoms with Crippen LogP contribution in [0, 0.1) is 5.82 Å². The van der Waals surface area contributed by atoms with E-state index in [0.717, 1.165) is 10.6 Å². The standard InChI is InChI=1S/C28H21ClFN3O4/c29-17-10-11-21-19(14-17)26(16-6-2-1-3-7-16)27(28(37)31-21)22-15-23(18-8-4-5-9-20(18)30)33(32-22)24(34)12-13-25(35)36/h1-11,14,23H,12-13,15H2,(H,31,37)(H,35,36). The van der Waals surface area contributed by atoms with Gasteiger partial charge in [0.2, 0.25) is 5.91 Å². The number of fused-ring (bicyclic) bond motifs is 1. The van der Waals surface area contributed by atoms with Gasteiger partial charge >= 0.3 is 5.97 Å². The van der Waals surface area contributed by atoms with Crippen molar-refractivity contribution in [1.82, 2.24) is 9.99 Å². The minimum absolute atomic E-state index is 0.0642. The lowest BCUT2D eigenvalue weighted by molar-refractivity contribution is -0.141. The number of aromatic amines is 1. The number of halogens is 2. The highest BCUT2D eigenvalue weighted by molar-refractivity contribution is 6.31. The number of carboxylic acids is 1. The Labute approximate surface area is 215 Å². The number of carboxylic acid groups (broad SMARTS) is 1. The number of nitrogens with zero attached hydrogens (tertiary/aromatic N) is 2. The molecule has 0 radical (unpaired) electrons. The molecular formula is C28H21ClFN3O4. The third-order valence-electron chi connectivity index (χ3n) is 6.31. The van der Waals surface area contributed by atoms with E-state index in [-0.39, 0.29) is 24.0 Å². The quantitative estimate of drug-likeness (QED) is 0.351. The molecule has 0 bridgehead atoms. The van der Waals surface area contributed by atoms with Crippen LogP contribution in [-0.2, 0) is 9.59 Å². The largest absolute Gasteiger partial charge is 0.481 e. The normalized spacial score (nSPS) is 15.1. The van der Waals surface area contributed by atoms with E-state index in [1.165, 1.54) is 12.1 Å². The molecule has 4 aromatic rings. The highest BCUT2D eigenvalue weighted by atomic mass is 35.5. The van der Waals surface area contributed by atoms with Gasteiger partial charge in [-0.2, -0.15) is 5.10 Å². The topological polar surface area (TPSA) is 103 Å². The number of aliphatic carboxylic acids is 1. The van der Waals surface area contributed by atoms with E-state index in [0.29, 0.717) is 27.2 Å². The molecule has 1 unspecified atom stereocenters. The van der Waals surface area contributed by atoms with Crippen molar-refractivity contribution in [1.29, 1.82) is 0 Å². The zero-order valence-electron chi connectivity index (χ0n) is 19.4. The van der Waals surface area contributed by atoms with Crippen molar-refractivity contribution in [2.75, 3.05) is 0 Å². The van der Waals surface area contributed by atoms with Gasteiger partial charge in [0, 0.05) is 39.9 Å². The van der Waals surface area contributed by atoms with E-state index < -0.39 is 35.7 Å². The summed E-state index contributed by atoms with van der Waals surface area (Å²) in [6.45, 7) is 0. The average Bonchev–Trinajstić information content (AvgIpc) is 3.32. The second-order valence-corrected chi connectivity index (χ2v) is 9.12. The summed E-state index contributed by atoms with van der Waals surface area (Å²) in [6.07, 6.45) is -0.643. The summed E-state index contributed by atoms with van der Waals surface area (Å²) in [4.78, 5) is 40.5. The number of aromatic nitrogens is 1. The van der Waals surface area contributed by atoms with Crippen LogP contribution < -0.4 is 5.56 Å². The van der Waals surface area contributed by atoms with Crippen LogP contribution in [0.25, 0.3) is 22.0 Å². The molecule has 2 heterocycles. The zero-order valence-corrected chi connectivity index (χ0v) is 20.2. The number of pyridine rings is 1. The molecule has 1 aliphatic heterocycles. The van der Waals surface area contributed by atoms with Gasteiger partial charge in [0.1, 0.15) is 5.82 Å². The molecular weight excluding hydrogens is 497 g/mol. The fourth-order valence-electron chi connectivity index (χ4n) is 4.65. The molecule has 186 valence electrons. The lowest BCUT2D eigenvalue weighted by atomic mass is 9.91. The van der Waals surface area contributed by atoms with Gasteiger partial charge in [0.15, 0.2) is 0 Å². The van der Waals surface area contributed by atoms with Gasteiger partial charge in [-0.15, -0.1) is 0 Å². The zero-order chi connectivity index (χ0) is 26.1. The molecule has 1 amide bonds. The van der Waals surface area contributed by atoms with Crippen molar-refractivity contribution >= 4 is 40.1 Å². The smallest absolute Gasteiger partial charge is 0.303 e. The summed E-state index contributed by atoms with van der Waals surface area (Å²) in [5, 5.41) is 15.8.